The van der Waals surface area contributed by atoms with Crippen LogP contribution in [0.3, 0.4) is 0 Å². The van der Waals surface area contributed by atoms with Gasteiger partial charge in [0, 0.05) is 37.8 Å². The van der Waals surface area contributed by atoms with Crippen molar-refractivity contribution in [1.82, 2.24) is 4.90 Å². The topological polar surface area (TPSA) is 94.2 Å². The van der Waals surface area contributed by atoms with Crippen molar-refractivity contribution in [3.05, 3.63) is 53.3 Å². The summed E-state index contributed by atoms with van der Waals surface area (Å²) in [4.78, 5) is 15.0. The van der Waals surface area contributed by atoms with Crippen LogP contribution in [0.5, 0.6) is 5.75 Å². The van der Waals surface area contributed by atoms with Crippen molar-refractivity contribution in [3.8, 4) is 16.9 Å². The summed E-state index contributed by atoms with van der Waals surface area (Å²) in [5.74, 6) is -1.13. The van der Waals surface area contributed by atoms with Crippen LogP contribution in [0.15, 0.2) is 36.4 Å². The van der Waals surface area contributed by atoms with Gasteiger partial charge in [0.25, 0.3) is 0 Å². The molecule has 1 saturated carbocycles. The minimum absolute atomic E-state index is 0.0302. The molecular formula is C31H40F4N2O5. The quantitative estimate of drug-likeness (QED) is 0.271. The van der Waals surface area contributed by atoms with Crippen LogP contribution in [0.4, 0.5) is 17.6 Å². The molecule has 7 nitrogen and oxygen atoms in total. The molecule has 4 unspecified atom stereocenters. The van der Waals surface area contributed by atoms with E-state index in [1.165, 1.54) is 18.2 Å². The molecule has 2 fully saturated rings. The highest BCUT2D eigenvalue weighted by Crippen LogP contribution is 2.44. The zero-order chi connectivity index (χ0) is 30.5. The first-order chi connectivity index (χ1) is 20.0. The van der Waals surface area contributed by atoms with Gasteiger partial charge in [0.1, 0.15) is 23.3 Å². The largest absolute Gasteiger partial charge is 0.494 e. The fraction of sp³-hybridized carbons (Fsp3) is 0.581. The van der Waals surface area contributed by atoms with Crippen LogP contribution in [-0.2, 0) is 26.0 Å². The molecule has 2 aromatic rings. The highest BCUT2D eigenvalue weighted by Gasteiger charge is 2.45. The van der Waals surface area contributed by atoms with E-state index in [-0.39, 0.29) is 66.5 Å². The van der Waals surface area contributed by atoms with Crippen LogP contribution in [0.2, 0.25) is 0 Å². The predicted octanol–water partition coefficient (Wildman–Crippen LogP) is 5.27. The van der Waals surface area contributed by atoms with Crippen molar-refractivity contribution in [2.45, 2.75) is 69.4 Å². The molecule has 0 aromatic heterocycles. The van der Waals surface area contributed by atoms with Gasteiger partial charge in [0.15, 0.2) is 0 Å². The number of hydrogen-bond acceptors (Lipinski definition) is 6. The van der Waals surface area contributed by atoms with Crippen molar-refractivity contribution in [2.75, 3.05) is 40.0 Å². The first-order valence-corrected chi connectivity index (χ1v) is 14.5. The summed E-state index contributed by atoms with van der Waals surface area (Å²) >= 11 is 0. The van der Waals surface area contributed by atoms with Gasteiger partial charge in [-0.2, -0.15) is 13.2 Å². The summed E-state index contributed by atoms with van der Waals surface area (Å²) in [5.41, 5.74) is 3.03. The number of carbonyl (C=O) groups is 1. The number of aliphatic hydroxyl groups is 1. The molecule has 232 valence electrons. The summed E-state index contributed by atoms with van der Waals surface area (Å²) in [7, 11) is 1.56. The fourth-order valence-electron chi connectivity index (χ4n) is 6.08. The van der Waals surface area contributed by atoms with Crippen molar-refractivity contribution >= 4 is 5.91 Å². The van der Waals surface area contributed by atoms with Crippen LogP contribution in [0, 0.1) is 11.7 Å². The van der Waals surface area contributed by atoms with Gasteiger partial charge in [0.2, 0.25) is 5.91 Å². The van der Waals surface area contributed by atoms with Gasteiger partial charge in [-0.05, 0) is 80.8 Å². The molecule has 0 bridgehead atoms. The van der Waals surface area contributed by atoms with Crippen molar-refractivity contribution < 1.29 is 41.7 Å². The molecule has 11 heteroatoms. The third-order valence-electron chi connectivity index (χ3n) is 8.20. The Morgan fingerprint density at radius 3 is 2.64 bits per heavy atom. The molecule has 0 radical (unpaired) electrons. The van der Waals surface area contributed by atoms with E-state index in [0.717, 1.165) is 24.6 Å². The normalized spacial score (nSPS) is 22.7. The molecule has 1 aliphatic carbocycles. The lowest BCUT2D eigenvalue weighted by molar-refractivity contribution is -0.167. The van der Waals surface area contributed by atoms with Crippen molar-refractivity contribution in [3.63, 3.8) is 0 Å². The van der Waals surface area contributed by atoms with Crippen LogP contribution in [-0.4, -0.2) is 68.1 Å². The highest BCUT2D eigenvalue weighted by atomic mass is 19.4. The minimum Gasteiger partial charge on any atom is -0.494 e. The summed E-state index contributed by atoms with van der Waals surface area (Å²) in [6, 6.07) is 7.10. The Kier molecular flexibility index (Phi) is 10.5. The van der Waals surface area contributed by atoms with Gasteiger partial charge >= 0.3 is 6.18 Å². The van der Waals surface area contributed by atoms with E-state index < -0.39 is 29.3 Å². The lowest BCUT2D eigenvalue weighted by Crippen LogP contribution is -2.55. The maximum atomic E-state index is 15.7. The van der Waals surface area contributed by atoms with E-state index in [9.17, 15) is 23.1 Å². The number of morpholine rings is 1. The third kappa shape index (κ3) is 7.24. The van der Waals surface area contributed by atoms with Gasteiger partial charge in [-0.3, -0.25) is 4.79 Å². The molecule has 42 heavy (non-hydrogen) atoms. The number of halogens is 4. The van der Waals surface area contributed by atoms with Crippen LogP contribution >= 0.6 is 0 Å². The van der Waals surface area contributed by atoms with E-state index in [1.54, 1.807) is 18.9 Å². The van der Waals surface area contributed by atoms with Gasteiger partial charge in [-0.15, -0.1) is 0 Å². The van der Waals surface area contributed by atoms with Gasteiger partial charge in [0.05, 0.1) is 25.3 Å². The molecule has 2 aromatic carbocycles. The average Bonchev–Trinajstić information content (AvgIpc) is 3.40. The monoisotopic (exact) mass is 596 g/mol. The number of rotatable bonds is 11. The summed E-state index contributed by atoms with van der Waals surface area (Å²) in [6.45, 7) is 2.71. The Labute approximate surface area is 243 Å². The molecule has 3 N–H and O–H groups in total. The molecule has 2 aliphatic rings. The number of carbonyl (C=O) groups excluding carboxylic acids is 1. The smallest absolute Gasteiger partial charge is 0.416 e. The maximum absolute atomic E-state index is 15.7. The molecule has 4 rings (SSSR count). The van der Waals surface area contributed by atoms with E-state index in [2.05, 4.69) is 0 Å². The Bertz CT molecular complexity index is 1230. The lowest BCUT2D eigenvalue weighted by atomic mass is 9.78. The number of benzene rings is 2. The standard InChI is InChI=1S/C31H40F4N2O5/c1-3-41-24-17-21(15-22(18-24)31(33,34)35)28-25(7-6-8-26(28)32)30(39,11-4-5-13-40-2)27-19-37(12-14-42-27)29(38)20-9-10-23(36)16-20/h6-8,15,17-18,20,23,27,39H,3-5,9-14,16,19,36H2,1-2H3. The van der Waals surface area contributed by atoms with Gasteiger partial charge in [-0.1, -0.05) is 12.1 Å². The molecular weight excluding hydrogens is 556 g/mol. The molecule has 1 saturated heterocycles. The zero-order valence-corrected chi connectivity index (χ0v) is 24.1. The number of amides is 1. The number of hydrogen-bond donors (Lipinski definition) is 2. The number of nitrogens with two attached hydrogens (primary N) is 1. The van der Waals surface area contributed by atoms with E-state index >= 15 is 4.39 Å². The van der Waals surface area contributed by atoms with Crippen LogP contribution < -0.4 is 10.5 Å². The second kappa shape index (κ2) is 13.7. The first-order valence-electron chi connectivity index (χ1n) is 14.5. The van der Waals surface area contributed by atoms with E-state index in [0.29, 0.717) is 38.8 Å². The zero-order valence-electron chi connectivity index (χ0n) is 24.1. The number of unbranched alkanes of at least 4 members (excludes halogenated alkanes) is 1. The van der Waals surface area contributed by atoms with Crippen molar-refractivity contribution in [2.24, 2.45) is 11.7 Å². The molecule has 1 heterocycles. The number of ether oxygens (including phenoxy) is 3. The second-order valence-corrected chi connectivity index (χ2v) is 11.1. The Morgan fingerprint density at radius 1 is 1.19 bits per heavy atom. The molecule has 1 amide bonds. The number of nitrogens with zero attached hydrogens (tertiary/aromatic N) is 1. The van der Waals surface area contributed by atoms with Gasteiger partial charge < -0.3 is 30.0 Å². The summed E-state index contributed by atoms with van der Waals surface area (Å²) < 4.78 is 73.9. The van der Waals surface area contributed by atoms with E-state index in [1.807, 2.05) is 0 Å². The third-order valence-corrected chi connectivity index (χ3v) is 8.20. The van der Waals surface area contributed by atoms with E-state index in [4.69, 9.17) is 19.9 Å². The number of alkyl halides is 3. The van der Waals surface area contributed by atoms with Crippen LogP contribution in [0.1, 0.15) is 56.6 Å². The number of methoxy groups -OCH3 is 1. The Hall–Kier alpha value is -2.73. The Morgan fingerprint density at radius 2 is 1.98 bits per heavy atom. The lowest BCUT2D eigenvalue weighted by Gasteiger charge is -2.43. The molecule has 1 aliphatic heterocycles. The van der Waals surface area contributed by atoms with Crippen LogP contribution in [0.25, 0.3) is 11.1 Å². The maximum Gasteiger partial charge on any atom is 0.416 e. The van der Waals surface area contributed by atoms with Crippen molar-refractivity contribution in [1.29, 1.82) is 0 Å². The second-order valence-electron chi connectivity index (χ2n) is 11.1. The SMILES string of the molecule is CCOc1cc(-c2c(F)cccc2C(O)(CCCCOC)C2CN(C(=O)C3CCC(N)C3)CCO2)cc(C(F)(F)F)c1. The average molecular weight is 597 g/mol. The van der Waals surface area contributed by atoms with Gasteiger partial charge in [-0.25, -0.2) is 4.39 Å². The predicted molar refractivity (Wildman–Crippen MR) is 149 cm³/mol. The highest BCUT2D eigenvalue weighted by molar-refractivity contribution is 5.79. The summed E-state index contributed by atoms with van der Waals surface area (Å²) in [5, 5.41) is 12.4. The summed E-state index contributed by atoms with van der Waals surface area (Å²) in [6.07, 6.45) is -2.48. The molecule has 4 atom stereocenters. The first kappa shape index (κ1) is 32.2. The Balaban J connectivity index is 1.78. The fourth-order valence-corrected chi connectivity index (χ4v) is 6.08. The molecule has 0 spiro atoms. The minimum atomic E-state index is -4.71.